The molecule has 0 spiro atoms. The number of nitrogens with two attached hydrogens (primary N) is 2. The first-order chi connectivity index (χ1) is 12.5. The molecule has 1 amide bonds. The summed E-state index contributed by atoms with van der Waals surface area (Å²) in [5, 5.41) is 4.70. The zero-order valence-corrected chi connectivity index (χ0v) is 14.6. The summed E-state index contributed by atoms with van der Waals surface area (Å²) >= 11 is 5.96. The second-order valence-corrected chi connectivity index (χ2v) is 6.69. The van der Waals surface area contributed by atoms with Gasteiger partial charge in [0.15, 0.2) is 11.5 Å². The number of rotatable bonds is 3. The molecule has 1 atom stereocenters. The summed E-state index contributed by atoms with van der Waals surface area (Å²) in [5.41, 5.74) is 13.3. The van der Waals surface area contributed by atoms with E-state index in [0.717, 1.165) is 19.4 Å². The van der Waals surface area contributed by atoms with Crippen molar-refractivity contribution in [2.45, 2.75) is 12.8 Å². The van der Waals surface area contributed by atoms with Gasteiger partial charge in [0.2, 0.25) is 5.91 Å². The van der Waals surface area contributed by atoms with Crippen LogP contribution in [0.2, 0.25) is 5.02 Å². The molecule has 0 bridgehead atoms. The van der Waals surface area contributed by atoms with Crippen molar-refractivity contribution < 1.29 is 4.79 Å². The Labute approximate surface area is 154 Å². The first-order valence-corrected chi connectivity index (χ1v) is 8.57. The van der Waals surface area contributed by atoms with E-state index in [-0.39, 0.29) is 11.8 Å². The molecule has 3 aromatic heterocycles. The Morgan fingerprint density at radius 3 is 2.96 bits per heavy atom. The van der Waals surface area contributed by atoms with Gasteiger partial charge in [0.05, 0.1) is 28.4 Å². The van der Waals surface area contributed by atoms with Crippen LogP contribution in [-0.4, -0.2) is 43.6 Å². The molecule has 4 N–H and O–H groups in total. The Hall–Kier alpha value is -2.94. The standard InChI is InChI=1S/C16H17ClN8O/c17-10-5-20-16-13(14(18)23-25(16)7-10)11-4-12(22-8-21-11)24-3-1-2-9(6-24)15(19)26/h4-5,7-9H,1-3,6H2,(H2,18,23)(H2,19,26). The number of amides is 1. The van der Waals surface area contributed by atoms with Crippen molar-refractivity contribution in [3.63, 3.8) is 0 Å². The van der Waals surface area contributed by atoms with E-state index in [1.807, 2.05) is 11.0 Å². The van der Waals surface area contributed by atoms with Crippen LogP contribution in [0, 0.1) is 5.92 Å². The van der Waals surface area contributed by atoms with Gasteiger partial charge in [0.25, 0.3) is 0 Å². The summed E-state index contributed by atoms with van der Waals surface area (Å²) in [6.07, 6.45) is 6.32. The molecule has 3 aromatic rings. The lowest BCUT2D eigenvalue weighted by molar-refractivity contribution is -0.122. The lowest BCUT2D eigenvalue weighted by Crippen LogP contribution is -2.41. The topological polar surface area (TPSA) is 128 Å². The molecular formula is C16H17ClN8O. The monoisotopic (exact) mass is 372 g/mol. The van der Waals surface area contributed by atoms with Crippen molar-refractivity contribution in [2.75, 3.05) is 23.7 Å². The van der Waals surface area contributed by atoms with Crippen molar-refractivity contribution in [3.8, 4) is 11.3 Å². The van der Waals surface area contributed by atoms with Crippen molar-refractivity contribution in [2.24, 2.45) is 11.7 Å². The first-order valence-electron chi connectivity index (χ1n) is 8.19. The zero-order chi connectivity index (χ0) is 18.3. The Morgan fingerprint density at radius 1 is 1.31 bits per heavy atom. The minimum absolute atomic E-state index is 0.173. The summed E-state index contributed by atoms with van der Waals surface area (Å²) in [7, 11) is 0. The van der Waals surface area contributed by atoms with Crippen LogP contribution in [0.25, 0.3) is 16.9 Å². The average molecular weight is 373 g/mol. The van der Waals surface area contributed by atoms with E-state index in [0.29, 0.717) is 40.1 Å². The fourth-order valence-electron chi connectivity index (χ4n) is 3.25. The quantitative estimate of drug-likeness (QED) is 0.704. The van der Waals surface area contributed by atoms with Gasteiger partial charge in [-0.2, -0.15) is 0 Å². The second kappa shape index (κ2) is 6.41. The van der Waals surface area contributed by atoms with E-state index in [2.05, 4.69) is 20.1 Å². The molecule has 0 radical (unpaired) electrons. The van der Waals surface area contributed by atoms with Crippen LogP contribution in [-0.2, 0) is 4.79 Å². The zero-order valence-electron chi connectivity index (χ0n) is 13.8. The van der Waals surface area contributed by atoms with Crippen molar-refractivity contribution in [3.05, 3.63) is 29.8 Å². The summed E-state index contributed by atoms with van der Waals surface area (Å²) in [4.78, 5) is 26.5. The SMILES string of the molecule is NC(=O)C1CCCN(c2cc(-c3c(N)nn4cc(Cl)cnc34)ncn2)C1. The van der Waals surface area contributed by atoms with Gasteiger partial charge in [-0.25, -0.2) is 19.5 Å². The Balaban J connectivity index is 1.73. The van der Waals surface area contributed by atoms with E-state index < -0.39 is 0 Å². The van der Waals surface area contributed by atoms with Crippen molar-refractivity contribution in [1.82, 2.24) is 24.6 Å². The highest BCUT2D eigenvalue weighted by Gasteiger charge is 2.25. The van der Waals surface area contributed by atoms with E-state index in [1.54, 1.807) is 6.20 Å². The fraction of sp³-hybridized carbons (Fsp3) is 0.312. The van der Waals surface area contributed by atoms with Gasteiger partial charge in [-0.3, -0.25) is 4.79 Å². The lowest BCUT2D eigenvalue weighted by Gasteiger charge is -2.32. The number of aromatic nitrogens is 5. The summed E-state index contributed by atoms with van der Waals surface area (Å²) in [5.74, 6) is 0.566. The van der Waals surface area contributed by atoms with Crippen LogP contribution >= 0.6 is 11.6 Å². The smallest absolute Gasteiger partial charge is 0.222 e. The Bertz CT molecular complexity index is 988. The highest BCUT2D eigenvalue weighted by atomic mass is 35.5. The molecule has 10 heteroatoms. The molecule has 4 heterocycles. The number of fused-ring (bicyclic) bond motifs is 1. The van der Waals surface area contributed by atoms with E-state index in [4.69, 9.17) is 23.1 Å². The van der Waals surface area contributed by atoms with Gasteiger partial charge >= 0.3 is 0 Å². The number of piperidine rings is 1. The number of primary amides is 1. The number of nitrogens with zero attached hydrogens (tertiary/aromatic N) is 6. The number of carbonyl (C=O) groups excluding carboxylic acids is 1. The number of nitrogen functional groups attached to an aromatic ring is 1. The van der Waals surface area contributed by atoms with Crippen LogP contribution in [0.3, 0.4) is 0 Å². The molecule has 0 saturated carbocycles. The van der Waals surface area contributed by atoms with Gasteiger partial charge in [-0.1, -0.05) is 11.6 Å². The number of hydrogen-bond donors (Lipinski definition) is 2. The largest absolute Gasteiger partial charge is 0.382 e. The van der Waals surface area contributed by atoms with Gasteiger partial charge < -0.3 is 16.4 Å². The molecule has 1 aliphatic heterocycles. The van der Waals surface area contributed by atoms with Crippen LogP contribution in [0.5, 0.6) is 0 Å². The number of hydrogen-bond acceptors (Lipinski definition) is 7. The summed E-state index contributed by atoms with van der Waals surface area (Å²) in [6.45, 7) is 1.35. The molecule has 4 rings (SSSR count). The Morgan fingerprint density at radius 2 is 2.15 bits per heavy atom. The number of carbonyl (C=O) groups is 1. The van der Waals surface area contributed by atoms with Crippen LogP contribution < -0.4 is 16.4 Å². The van der Waals surface area contributed by atoms with Gasteiger partial charge in [0.1, 0.15) is 12.1 Å². The molecule has 1 unspecified atom stereocenters. The van der Waals surface area contributed by atoms with Crippen molar-refractivity contribution in [1.29, 1.82) is 0 Å². The second-order valence-electron chi connectivity index (χ2n) is 6.25. The normalized spacial score (nSPS) is 17.6. The van der Waals surface area contributed by atoms with E-state index in [1.165, 1.54) is 17.0 Å². The minimum Gasteiger partial charge on any atom is -0.382 e. The maximum atomic E-state index is 11.5. The highest BCUT2D eigenvalue weighted by molar-refractivity contribution is 6.30. The molecule has 0 aliphatic carbocycles. The first kappa shape index (κ1) is 16.5. The van der Waals surface area contributed by atoms with Crippen LogP contribution in [0.4, 0.5) is 11.6 Å². The highest BCUT2D eigenvalue weighted by Crippen LogP contribution is 2.30. The summed E-state index contributed by atoms with van der Waals surface area (Å²) in [6, 6.07) is 1.83. The maximum absolute atomic E-state index is 11.5. The lowest BCUT2D eigenvalue weighted by atomic mass is 9.97. The molecule has 1 saturated heterocycles. The van der Waals surface area contributed by atoms with E-state index in [9.17, 15) is 4.79 Å². The molecule has 9 nitrogen and oxygen atoms in total. The third-order valence-electron chi connectivity index (χ3n) is 4.52. The Kier molecular flexibility index (Phi) is 4.08. The van der Waals surface area contributed by atoms with Crippen LogP contribution in [0.15, 0.2) is 24.8 Å². The maximum Gasteiger partial charge on any atom is 0.222 e. The van der Waals surface area contributed by atoms with Gasteiger partial charge in [-0.05, 0) is 12.8 Å². The molecule has 1 fully saturated rings. The number of anilines is 2. The third kappa shape index (κ3) is 2.90. The summed E-state index contributed by atoms with van der Waals surface area (Å²) < 4.78 is 1.53. The fourth-order valence-corrected chi connectivity index (χ4v) is 3.39. The molecule has 0 aromatic carbocycles. The molecular weight excluding hydrogens is 356 g/mol. The van der Waals surface area contributed by atoms with E-state index >= 15 is 0 Å². The predicted molar refractivity (Wildman–Crippen MR) is 97.6 cm³/mol. The van der Waals surface area contributed by atoms with Gasteiger partial charge in [-0.15, -0.1) is 5.10 Å². The third-order valence-corrected chi connectivity index (χ3v) is 4.72. The molecule has 1 aliphatic rings. The average Bonchev–Trinajstić information content (AvgIpc) is 2.96. The van der Waals surface area contributed by atoms with Gasteiger partial charge in [0, 0.05) is 25.4 Å². The predicted octanol–water partition coefficient (Wildman–Crippen LogP) is 1.12. The molecule has 134 valence electrons. The number of halogens is 1. The van der Waals surface area contributed by atoms with Crippen LogP contribution in [0.1, 0.15) is 12.8 Å². The molecule has 26 heavy (non-hydrogen) atoms. The van der Waals surface area contributed by atoms with Crippen molar-refractivity contribution >= 4 is 34.8 Å². The minimum atomic E-state index is -0.281.